The van der Waals surface area contributed by atoms with Crippen LogP contribution < -0.4 is 5.32 Å². The number of allylic oxidation sites excluding steroid dienone is 1. The Hall–Kier alpha value is -0.300. The van der Waals surface area contributed by atoms with Crippen molar-refractivity contribution in [3.63, 3.8) is 0 Å². The molecule has 1 heteroatoms. The van der Waals surface area contributed by atoms with Crippen molar-refractivity contribution in [1.29, 1.82) is 0 Å². The van der Waals surface area contributed by atoms with Crippen molar-refractivity contribution >= 4 is 0 Å². The molecular formula is C17H27N. The zero-order chi connectivity index (χ0) is 12.0. The molecule has 0 radical (unpaired) electrons. The zero-order valence-corrected chi connectivity index (χ0v) is 11.5. The predicted octanol–water partition coefficient (Wildman–Crippen LogP) is 3.90. The molecule has 0 saturated heterocycles. The van der Waals surface area contributed by atoms with Crippen molar-refractivity contribution in [2.75, 3.05) is 6.54 Å². The molecule has 1 N–H and O–H groups in total. The summed E-state index contributed by atoms with van der Waals surface area (Å²) in [5.74, 6) is 3.25. The van der Waals surface area contributed by atoms with Gasteiger partial charge in [0.25, 0.3) is 0 Å². The van der Waals surface area contributed by atoms with Crippen molar-refractivity contribution in [2.24, 2.45) is 23.2 Å². The van der Waals surface area contributed by atoms with Crippen LogP contribution in [0, 0.1) is 23.2 Å². The van der Waals surface area contributed by atoms with E-state index in [0.717, 1.165) is 30.3 Å². The van der Waals surface area contributed by atoms with Gasteiger partial charge in [-0.15, -0.1) is 0 Å². The van der Waals surface area contributed by atoms with E-state index in [4.69, 9.17) is 0 Å². The van der Waals surface area contributed by atoms with E-state index in [0.29, 0.717) is 5.41 Å². The molecule has 0 atom stereocenters. The number of rotatable bonds is 4. The molecule has 0 heterocycles. The fraction of sp³-hybridized carbons (Fsp3) is 0.882. The summed E-state index contributed by atoms with van der Waals surface area (Å²) >= 11 is 0. The topological polar surface area (TPSA) is 12.0 Å². The van der Waals surface area contributed by atoms with E-state index in [1.807, 2.05) is 0 Å². The molecule has 1 nitrogen and oxygen atoms in total. The second-order valence-electron chi connectivity index (χ2n) is 7.72. The van der Waals surface area contributed by atoms with Crippen molar-refractivity contribution in [2.45, 2.75) is 63.8 Å². The molecule has 0 aromatic rings. The summed E-state index contributed by atoms with van der Waals surface area (Å²) in [5.41, 5.74) is 0.635. The molecule has 5 aliphatic carbocycles. The summed E-state index contributed by atoms with van der Waals surface area (Å²) in [6.07, 6.45) is 18.6. The molecule has 0 aliphatic heterocycles. The molecule has 18 heavy (non-hydrogen) atoms. The molecule has 0 aromatic heterocycles. The number of nitrogens with one attached hydrogen (secondary N) is 1. The quantitative estimate of drug-likeness (QED) is 0.741. The molecule has 0 amide bonds. The maximum Gasteiger partial charge on any atom is 0.0137 e. The summed E-state index contributed by atoms with van der Waals surface area (Å²) in [5, 5.41) is 3.66. The second kappa shape index (κ2) is 4.37. The van der Waals surface area contributed by atoms with Crippen LogP contribution in [0.4, 0.5) is 0 Å². The highest BCUT2D eigenvalue weighted by Crippen LogP contribution is 2.60. The van der Waals surface area contributed by atoms with Gasteiger partial charge in [0.1, 0.15) is 0 Å². The van der Waals surface area contributed by atoms with E-state index in [1.165, 1.54) is 38.5 Å². The molecule has 100 valence electrons. The lowest BCUT2D eigenvalue weighted by Crippen LogP contribution is -2.45. The van der Waals surface area contributed by atoms with Crippen LogP contribution in [0.25, 0.3) is 0 Å². The molecule has 4 bridgehead atoms. The molecule has 5 fully saturated rings. The molecule has 0 unspecified atom stereocenters. The van der Waals surface area contributed by atoms with Crippen molar-refractivity contribution in [3.8, 4) is 0 Å². The zero-order valence-electron chi connectivity index (χ0n) is 11.5. The maximum absolute atomic E-state index is 3.66. The Morgan fingerprint density at radius 1 is 0.944 bits per heavy atom. The van der Waals surface area contributed by atoms with Gasteiger partial charge in [0.2, 0.25) is 0 Å². The van der Waals surface area contributed by atoms with E-state index in [1.54, 1.807) is 19.3 Å². The lowest BCUT2D eigenvalue weighted by molar-refractivity contribution is -0.0238. The number of hydrogen-bond acceptors (Lipinski definition) is 1. The van der Waals surface area contributed by atoms with Gasteiger partial charge < -0.3 is 5.32 Å². The Morgan fingerprint density at radius 3 is 2.06 bits per heavy atom. The third kappa shape index (κ3) is 2.05. The summed E-state index contributed by atoms with van der Waals surface area (Å²) in [6, 6.07) is 0.839. The van der Waals surface area contributed by atoms with E-state index in [2.05, 4.69) is 17.5 Å². The third-order valence-corrected chi connectivity index (χ3v) is 6.19. The highest BCUT2D eigenvalue weighted by atomic mass is 14.9. The van der Waals surface area contributed by atoms with Crippen LogP contribution in [0.1, 0.15) is 57.8 Å². The monoisotopic (exact) mass is 245 g/mol. The molecule has 5 rings (SSSR count). The first-order valence-electron chi connectivity index (χ1n) is 8.22. The fourth-order valence-electron chi connectivity index (χ4n) is 5.54. The van der Waals surface area contributed by atoms with Gasteiger partial charge in [0.05, 0.1) is 0 Å². The molecule has 5 saturated carbocycles. The van der Waals surface area contributed by atoms with E-state index in [-0.39, 0.29) is 0 Å². The minimum Gasteiger partial charge on any atom is -0.311 e. The van der Waals surface area contributed by atoms with Crippen LogP contribution >= 0.6 is 0 Å². The lowest BCUT2D eigenvalue weighted by atomic mass is 9.49. The number of hydrogen-bond donors (Lipinski definition) is 1. The van der Waals surface area contributed by atoms with Gasteiger partial charge in [-0.3, -0.25) is 0 Å². The Bertz CT molecular complexity index is 304. The SMILES string of the molecule is C(=C\C12CC3CC(CC(C3)C1)C2)/CNC1CCC1. The maximum atomic E-state index is 3.66. The standard InChI is InChI=1S/C17H27N/c1-3-16(4-1)18-6-2-5-17-10-13-7-14(11-17)9-15(8-13)12-17/h2,5,13-16,18H,1,3-4,6-12H2/b5-2+. The van der Waals surface area contributed by atoms with E-state index < -0.39 is 0 Å². The first kappa shape index (κ1) is 11.5. The Kier molecular flexibility index (Phi) is 2.80. The second-order valence-corrected chi connectivity index (χ2v) is 7.72. The van der Waals surface area contributed by atoms with Crippen molar-refractivity contribution in [3.05, 3.63) is 12.2 Å². The Labute approximate surface area is 111 Å². The summed E-state index contributed by atoms with van der Waals surface area (Å²) in [7, 11) is 0. The van der Waals surface area contributed by atoms with Gasteiger partial charge in [-0.05, 0) is 74.5 Å². The van der Waals surface area contributed by atoms with Gasteiger partial charge in [0, 0.05) is 12.6 Å². The van der Waals surface area contributed by atoms with E-state index >= 15 is 0 Å². The van der Waals surface area contributed by atoms with Crippen molar-refractivity contribution in [1.82, 2.24) is 5.32 Å². The minimum atomic E-state index is 0.635. The molecule has 0 spiro atoms. The summed E-state index contributed by atoms with van der Waals surface area (Å²) < 4.78 is 0. The fourth-order valence-corrected chi connectivity index (χ4v) is 5.54. The molecule has 5 aliphatic rings. The van der Waals surface area contributed by atoms with Gasteiger partial charge >= 0.3 is 0 Å². The minimum absolute atomic E-state index is 0.635. The average molecular weight is 245 g/mol. The van der Waals surface area contributed by atoms with Crippen LogP contribution in [0.5, 0.6) is 0 Å². The van der Waals surface area contributed by atoms with Gasteiger partial charge in [-0.25, -0.2) is 0 Å². The third-order valence-electron chi connectivity index (χ3n) is 6.19. The van der Waals surface area contributed by atoms with Crippen molar-refractivity contribution < 1.29 is 0 Å². The Balaban J connectivity index is 1.36. The van der Waals surface area contributed by atoms with E-state index in [9.17, 15) is 0 Å². The van der Waals surface area contributed by atoms with Gasteiger partial charge in [0.15, 0.2) is 0 Å². The van der Waals surface area contributed by atoms with Crippen LogP contribution in [0.2, 0.25) is 0 Å². The lowest BCUT2D eigenvalue weighted by Gasteiger charge is -2.56. The largest absolute Gasteiger partial charge is 0.311 e. The highest BCUT2D eigenvalue weighted by molar-refractivity contribution is 5.11. The summed E-state index contributed by atoms with van der Waals surface area (Å²) in [6.45, 7) is 1.12. The highest BCUT2D eigenvalue weighted by Gasteiger charge is 2.49. The average Bonchev–Trinajstić information content (AvgIpc) is 2.24. The first-order chi connectivity index (χ1) is 8.81. The van der Waals surface area contributed by atoms with Gasteiger partial charge in [-0.1, -0.05) is 18.6 Å². The van der Waals surface area contributed by atoms with Crippen LogP contribution in [-0.2, 0) is 0 Å². The van der Waals surface area contributed by atoms with Crippen LogP contribution in [0.3, 0.4) is 0 Å². The van der Waals surface area contributed by atoms with Gasteiger partial charge in [-0.2, -0.15) is 0 Å². The normalized spacial score (nSPS) is 46.8. The molecular weight excluding hydrogens is 218 g/mol. The molecule has 0 aromatic carbocycles. The predicted molar refractivity (Wildman–Crippen MR) is 75.4 cm³/mol. The Morgan fingerprint density at radius 2 is 1.56 bits per heavy atom. The first-order valence-corrected chi connectivity index (χ1v) is 8.22. The van der Waals surface area contributed by atoms with Crippen LogP contribution in [-0.4, -0.2) is 12.6 Å². The smallest absolute Gasteiger partial charge is 0.0137 e. The summed E-state index contributed by atoms with van der Waals surface area (Å²) in [4.78, 5) is 0. The van der Waals surface area contributed by atoms with Crippen LogP contribution in [0.15, 0.2) is 12.2 Å².